The number of likely N-dealkylation sites (tertiary alicyclic amines) is 1. The number of nitrogens with one attached hydrogen (secondary N) is 2. The summed E-state index contributed by atoms with van der Waals surface area (Å²) in [6.07, 6.45) is -1.34. The molecular formula is C31H35F4N9O2. The molecule has 0 saturated carbocycles. The van der Waals surface area contributed by atoms with Gasteiger partial charge < -0.3 is 24.8 Å². The highest BCUT2D eigenvalue weighted by molar-refractivity contribution is 5.95. The summed E-state index contributed by atoms with van der Waals surface area (Å²) in [6.45, 7) is 6.49. The van der Waals surface area contributed by atoms with E-state index < -0.39 is 29.0 Å². The number of nitriles is 1. The third kappa shape index (κ3) is 5.53. The van der Waals surface area contributed by atoms with Gasteiger partial charge in [0.2, 0.25) is 0 Å². The Morgan fingerprint density at radius 2 is 2.09 bits per heavy atom. The Balaban J connectivity index is 1.49. The van der Waals surface area contributed by atoms with Crippen molar-refractivity contribution in [3.8, 4) is 12.1 Å². The van der Waals surface area contributed by atoms with Crippen LogP contribution in [0.3, 0.4) is 0 Å². The maximum atomic E-state index is 14.5. The van der Waals surface area contributed by atoms with Crippen LogP contribution >= 0.6 is 0 Å². The number of piperazine rings is 1. The maximum Gasteiger partial charge on any atom is 0.418 e. The Kier molecular flexibility index (Phi) is 8.36. The van der Waals surface area contributed by atoms with Crippen molar-refractivity contribution in [3.63, 3.8) is 0 Å². The van der Waals surface area contributed by atoms with Gasteiger partial charge in [0.1, 0.15) is 12.1 Å². The number of H-pyrrole nitrogens is 1. The topological polar surface area (TPSA) is 126 Å². The van der Waals surface area contributed by atoms with Crippen LogP contribution in [0.4, 0.5) is 23.2 Å². The van der Waals surface area contributed by atoms with Crippen LogP contribution in [0.5, 0.6) is 6.01 Å². The van der Waals surface area contributed by atoms with Crippen LogP contribution in [0.15, 0.2) is 24.7 Å². The van der Waals surface area contributed by atoms with Crippen LogP contribution < -0.4 is 15.0 Å². The van der Waals surface area contributed by atoms with Crippen LogP contribution in [-0.4, -0.2) is 88.3 Å². The number of fused-ring (bicyclic) bond motifs is 2. The first-order chi connectivity index (χ1) is 21.9. The molecule has 6 rings (SSSR count). The van der Waals surface area contributed by atoms with Crippen molar-refractivity contribution < 1.29 is 27.1 Å². The summed E-state index contributed by atoms with van der Waals surface area (Å²) in [5, 5.41) is 20.3. The number of alkyl halides is 3. The zero-order chi connectivity index (χ0) is 32.8. The third-order valence-electron chi connectivity index (χ3n) is 9.37. The van der Waals surface area contributed by atoms with Crippen molar-refractivity contribution >= 4 is 22.5 Å². The largest absolute Gasteiger partial charge is 0.462 e. The Morgan fingerprint density at radius 3 is 2.78 bits per heavy atom. The number of carbonyl (C=O) groups is 1. The standard InChI is InChI=1S/C31H35F4N9O2/c1-18-13-23-22(14-38-41-23)26(25(18)31(33,34)35)43-11-6-21-24(15-43)39-29(46-16-20-5-4-10-42(20)3)40-27(21)30(7-8-36)17-37-9-12-44(30)28(45)19(2)32/h13-14,20,37H,2,4-7,9-12,15-17H2,1,3H3,(H,38,41)/t20-,30-/m0/s1. The molecule has 2 saturated heterocycles. The molecule has 1 amide bonds. The van der Waals surface area contributed by atoms with Crippen LogP contribution in [0.25, 0.3) is 10.9 Å². The molecule has 0 bridgehead atoms. The molecule has 2 fully saturated rings. The number of hydrogen-bond donors (Lipinski definition) is 2. The van der Waals surface area contributed by atoms with Gasteiger partial charge in [0.05, 0.1) is 53.4 Å². The molecule has 3 aromatic rings. The highest BCUT2D eigenvalue weighted by atomic mass is 19.4. The third-order valence-corrected chi connectivity index (χ3v) is 9.37. The minimum atomic E-state index is -4.64. The van der Waals surface area contributed by atoms with Gasteiger partial charge in [-0.15, -0.1) is 0 Å². The van der Waals surface area contributed by atoms with Gasteiger partial charge in [-0.3, -0.25) is 9.89 Å². The number of amides is 1. The number of aromatic amines is 1. The smallest absolute Gasteiger partial charge is 0.418 e. The number of rotatable bonds is 7. The van der Waals surface area contributed by atoms with E-state index in [2.05, 4.69) is 33.1 Å². The van der Waals surface area contributed by atoms with Gasteiger partial charge in [0, 0.05) is 43.2 Å². The summed E-state index contributed by atoms with van der Waals surface area (Å²) in [6, 6.07) is 3.69. The van der Waals surface area contributed by atoms with Crippen LogP contribution in [0.2, 0.25) is 0 Å². The Labute approximate surface area is 263 Å². The van der Waals surface area contributed by atoms with Gasteiger partial charge in [-0.05, 0) is 51.4 Å². The van der Waals surface area contributed by atoms with Gasteiger partial charge >= 0.3 is 12.2 Å². The summed E-state index contributed by atoms with van der Waals surface area (Å²) in [5.74, 6) is -2.11. The zero-order valence-electron chi connectivity index (χ0n) is 25.7. The fraction of sp³-hybridized carbons (Fsp3) is 0.516. The van der Waals surface area contributed by atoms with Gasteiger partial charge in [-0.2, -0.15) is 33.5 Å². The van der Waals surface area contributed by atoms with E-state index in [1.165, 1.54) is 24.1 Å². The van der Waals surface area contributed by atoms with Gasteiger partial charge in [-0.1, -0.05) is 6.58 Å². The first kappa shape index (κ1) is 31.7. The lowest BCUT2D eigenvalue weighted by Gasteiger charge is -2.47. The summed E-state index contributed by atoms with van der Waals surface area (Å²) in [7, 11) is 2.00. The zero-order valence-corrected chi connectivity index (χ0v) is 25.7. The Hall–Kier alpha value is -4.29. The number of halogens is 4. The minimum absolute atomic E-state index is 0.00582. The molecule has 11 nitrogen and oxygen atoms in total. The summed E-state index contributed by atoms with van der Waals surface area (Å²) in [4.78, 5) is 27.7. The molecule has 2 N–H and O–H groups in total. The van der Waals surface area contributed by atoms with Crippen LogP contribution in [-0.2, 0) is 29.5 Å². The number of ether oxygens (including phenoxy) is 1. The van der Waals surface area contributed by atoms with Gasteiger partial charge in [0.15, 0.2) is 5.83 Å². The molecule has 5 heterocycles. The number of carbonyl (C=O) groups excluding carboxylic acids is 1. The van der Waals surface area contributed by atoms with Crippen LogP contribution in [0, 0.1) is 18.3 Å². The van der Waals surface area contributed by atoms with Gasteiger partial charge in [-0.25, -0.2) is 4.39 Å². The number of aryl methyl sites for hydroxylation is 1. The molecule has 15 heteroatoms. The number of likely N-dealkylation sites (N-methyl/N-ethyl adjacent to an activating group) is 1. The fourth-order valence-corrected chi connectivity index (χ4v) is 7.12. The number of anilines is 1. The summed E-state index contributed by atoms with van der Waals surface area (Å²) < 4.78 is 64.2. The molecule has 244 valence electrons. The normalized spacial score (nSPS) is 22.2. The van der Waals surface area contributed by atoms with Crippen molar-refractivity contribution in [2.24, 2.45) is 0 Å². The van der Waals surface area contributed by atoms with Crippen molar-refractivity contribution in [2.45, 2.75) is 56.9 Å². The SMILES string of the molecule is C=C(F)C(=O)N1CCNC[C@@]1(CC#N)c1nc(OC[C@@H]2CCCN2C)nc2c1CCN(c1c(C(F)(F)F)c(C)cc3[nH]ncc13)C2. The van der Waals surface area contributed by atoms with E-state index in [0.29, 0.717) is 34.4 Å². The highest BCUT2D eigenvalue weighted by Gasteiger charge is 2.48. The molecular weight excluding hydrogens is 606 g/mol. The van der Waals surface area contributed by atoms with Crippen LogP contribution in [0.1, 0.15) is 47.3 Å². The molecule has 2 atom stereocenters. The lowest BCUT2D eigenvalue weighted by Crippen LogP contribution is -2.61. The average molecular weight is 642 g/mol. The molecule has 0 unspecified atom stereocenters. The molecule has 0 radical (unpaired) electrons. The lowest BCUT2D eigenvalue weighted by molar-refractivity contribution is -0.138. The second-order valence-electron chi connectivity index (χ2n) is 12.2. The first-order valence-electron chi connectivity index (χ1n) is 15.2. The molecule has 0 spiro atoms. The van der Waals surface area contributed by atoms with E-state index in [0.717, 1.165) is 19.4 Å². The van der Waals surface area contributed by atoms with E-state index in [9.17, 15) is 27.6 Å². The minimum Gasteiger partial charge on any atom is -0.462 e. The number of nitrogens with zero attached hydrogens (tertiary/aromatic N) is 7. The number of benzene rings is 1. The lowest BCUT2D eigenvalue weighted by atomic mass is 9.82. The Bertz CT molecular complexity index is 1720. The molecule has 3 aliphatic heterocycles. The quantitative estimate of drug-likeness (QED) is 0.293. The van der Waals surface area contributed by atoms with Crippen molar-refractivity contribution in [1.29, 1.82) is 5.26 Å². The number of aromatic nitrogens is 4. The summed E-state index contributed by atoms with van der Waals surface area (Å²) >= 11 is 0. The second-order valence-corrected chi connectivity index (χ2v) is 12.2. The van der Waals surface area contributed by atoms with E-state index in [4.69, 9.17) is 14.7 Å². The predicted molar refractivity (Wildman–Crippen MR) is 161 cm³/mol. The first-order valence-corrected chi connectivity index (χ1v) is 15.2. The Morgan fingerprint density at radius 1 is 1.28 bits per heavy atom. The molecule has 0 aliphatic carbocycles. The van der Waals surface area contributed by atoms with E-state index in [1.54, 1.807) is 4.90 Å². The molecule has 1 aromatic carbocycles. The number of hydrogen-bond acceptors (Lipinski definition) is 9. The summed E-state index contributed by atoms with van der Waals surface area (Å²) in [5.41, 5.74) is -0.303. The monoisotopic (exact) mass is 641 g/mol. The molecule has 46 heavy (non-hydrogen) atoms. The van der Waals surface area contributed by atoms with Crippen molar-refractivity contribution in [1.82, 2.24) is 35.3 Å². The second kappa shape index (κ2) is 12.1. The van der Waals surface area contributed by atoms with Gasteiger partial charge in [0.25, 0.3) is 5.91 Å². The maximum absolute atomic E-state index is 14.5. The highest BCUT2D eigenvalue weighted by Crippen LogP contribution is 2.45. The van der Waals surface area contributed by atoms with E-state index in [1.807, 2.05) is 7.05 Å². The van der Waals surface area contributed by atoms with Crippen molar-refractivity contribution in [2.75, 3.05) is 51.3 Å². The molecule has 3 aliphatic rings. The van der Waals surface area contributed by atoms with E-state index in [-0.39, 0.29) is 68.9 Å². The van der Waals surface area contributed by atoms with Crippen molar-refractivity contribution in [3.05, 3.63) is 52.7 Å². The molecule has 2 aromatic heterocycles. The van der Waals surface area contributed by atoms with E-state index >= 15 is 0 Å². The average Bonchev–Trinajstić information content (AvgIpc) is 3.66. The predicted octanol–water partition coefficient (Wildman–Crippen LogP) is 3.74. The fourth-order valence-electron chi connectivity index (χ4n) is 7.12.